The molecule has 0 radical (unpaired) electrons. The van der Waals surface area contributed by atoms with E-state index in [9.17, 15) is 9.18 Å². The summed E-state index contributed by atoms with van der Waals surface area (Å²) in [6.45, 7) is 0.406. The standard InChI is InChI=1S/C20H24FNO3/c21-17-10-6-16(7-11-17)14-25-18-12-8-15(9-13-18)4-2-1-3-5-19(22)20(23)24/h6-13,19H,1-5,14,22H2,(H,23,24). The van der Waals surface area contributed by atoms with Crippen molar-refractivity contribution in [3.05, 3.63) is 65.5 Å². The van der Waals surface area contributed by atoms with Gasteiger partial charge in [-0.15, -0.1) is 0 Å². The van der Waals surface area contributed by atoms with Gasteiger partial charge < -0.3 is 15.6 Å². The number of halogens is 1. The van der Waals surface area contributed by atoms with Crippen LogP contribution < -0.4 is 10.5 Å². The number of carboxylic acids is 1. The first kappa shape index (κ1) is 18.9. The van der Waals surface area contributed by atoms with E-state index in [0.717, 1.165) is 37.0 Å². The van der Waals surface area contributed by atoms with Crippen LogP contribution >= 0.6 is 0 Å². The fourth-order valence-electron chi connectivity index (χ4n) is 2.49. The van der Waals surface area contributed by atoms with Crippen LogP contribution in [0.15, 0.2) is 48.5 Å². The Balaban J connectivity index is 1.67. The van der Waals surface area contributed by atoms with Gasteiger partial charge in [0.2, 0.25) is 0 Å². The van der Waals surface area contributed by atoms with E-state index in [1.165, 1.54) is 17.7 Å². The minimum Gasteiger partial charge on any atom is -0.489 e. The second-order valence-electron chi connectivity index (χ2n) is 6.10. The zero-order valence-electron chi connectivity index (χ0n) is 14.2. The second kappa shape index (κ2) is 9.79. The number of ether oxygens (including phenoxy) is 1. The maximum absolute atomic E-state index is 12.8. The highest BCUT2D eigenvalue weighted by Crippen LogP contribution is 2.16. The Morgan fingerprint density at radius 1 is 1.00 bits per heavy atom. The lowest BCUT2D eigenvalue weighted by atomic mass is 10.0. The Kier molecular flexibility index (Phi) is 7.41. The van der Waals surface area contributed by atoms with Crippen molar-refractivity contribution in [3.63, 3.8) is 0 Å². The van der Waals surface area contributed by atoms with Crippen LogP contribution in [0.4, 0.5) is 4.39 Å². The smallest absolute Gasteiger partial charge is 0.320 e. The maximum Gasteiger partial charge on any atom is 0.320 e. The van der Waals surface area contributed by atoms with Crippen LogP contribution in [0.25, 0.3) is 0 Å². The van der Waals surface area contributed by atoms with Gasteiger partial charge in [0.1, 0.15) is 24.2 Å². The van der Waals surface area contributed by atoms with E-state index in [0.29, 0.717) is 13.0 Å². The average molecular weight is 345 g/mol. The molecular formula is C20H24FNO3. The lowest BCUT2D eigenvalue weighted by molar-refractivity contribution is -0.138. The first-order valence-corrected chi connectivity index (χ1v) is 8.49. The lowest BCUT2D eigenvalue weighted by Gasteiger charge is -2.08. The van der Waals surface area contributed by atoms with E-state index in [4.69, 9.17) is 15.6 Å². The third kappa shape index (κ3) is 6.93. The van der Waals surface area contributed by atoms with Gasteiger partial charge in [-0.1, -0.05) is 37.1 Å². The van der Waals surface area contributed by atoms with Crippen molar-refractivity contribution in [1.82, 2.24) is 0 Å². The molecule has 2 rings (SSSR count). The van der Waals surface area contributed by atoms with E-state index >= 15 is 0 Å². The quantitative estimate of drug-likeness (QED) is 0.640. The van der Waals surface area contributed by atoms with Crippen molar-refractivity contribution >= 4 is 5.97 Å². The summed E-state index contributed by atoms with van der Waals surface area (Å²) in [5, 5.41) is 8.72. The molecule has 0 saturated carbocycles. The van der Waals surface area contributed by atoms with Crippen molar-refractivity contribution in [1.29, 1.82) is 0 Å². The van der Waals surface area contributed by atoms with E-state index in [1.807, 2.05) is 24.3 Å². The summed E-state index contributed by atoms with van der Waals surface area (Å²) in [7, 11) is 0. The van der Waals surface area contributed by atoms with Crippen molar-refractivity contribution in [2.45, 2.75) is 44.8 Å². The lowest BCUT2D eigenvalue weighted by Crippen LogP contribution is -2.29. The second-order valence-corrected chi connectivity index (χ2v) is 6.10. The zero-order chi connectivity index (χ0) is 18.1. The number of benzene rings is 2. The van der Waals surface area contributed by atoms with Crippen molar-refractivity contribution < 1.29 is 19.0 Å². The average Bonchev–Trinajstić information content (AvgIpc) is 2.61. The number of aliphatic carboxylic acids is 1. The predicted octanol–water partition coefficient (Wildman–Crippen LogP) is 3.92. The Labute approximate surface area is 147 Å². The van der Waals surface area contributed by atoms with Gasteiger partial charge in [0.15, 0.2) is 0 Å². The van der Waals surface area contributed by atoms with E-state index < -0.39 is 12.0 Å². The Hall–Kier alpha value is -2.40. The molecule has 134 valence electrons. The highest BCUT2D eigenvalue weighted by molar-refractivity contribution is 5.72. The highest BCUT2D eigenvalue weighted by atomic mass is 19.1. The van der Waals surface area contributed by atoms with Gasteiger partial charge >= 0.3 is 5.97 Å². The molecular weight excluding hydrogens is 321 g/mol. The maximum atomic E-state index is 12.8. The third-order valence-electron chi connectivity index (χ3n) is 4.04. The molecule has 0 aliphatic carbocycles. The van der Waals surface area contributed by atoms with Crippen LogP contribution in [0.1, 0.15) is 36.8 Å². The molecule has 0 saturated heterocycles. The number of nitrogens with two attached hydrogens (primary N) is 1. The summed E-state index contributed by atoms with van der Waals surface area (Å²) < 4.78 is 18.5. The van der Waals surface area contributed by atoms with Gasteiger partial charge in [-0.2, -0.15) is 0 Å². The van der Waals surface area contributed by atoms with Crippen molar-refractivity contribution in [2.75, 3.05) is 0 Å². The van der Waals surface area contributed by atoms with Crippen LogP contribution in [0.5, 0.6) is 5.75 Å². The summed E-state index contributed by atoms with van der Waals surface area (Å²) in [4.78, 5) is 10.6. The third-order valence-corrected chi connectivity index (χ3v) is 4.04. The molecule has 5 heteroatoms. The van der Waals surface area contributed by atoms with Crippen molar-refractivity contribution in [2.24, 2.45) is 5.73 Å². The van der Waals surface area contributed by atoms with Gasteiger partial charge in [-0.3, -0.25) is 4.79 Å². The fourth-order valence-corrected chi connectivity index (χ4v) is 2.49. The SMILES string of the molecule is NC(CCCCCc1ccc(OCc2ccc(F)cc2)cc1)C(=O)O. The number of hydrogen-bond acceptors (Lipinski definition) is 3. The Bertz CT molecular complexity index is 656. The highest BCUT2D eigenvalue weighted by Gasteiger charge is 2.09. The molecule has 2 aromatic carbocycles. The minimum absolute atomic E-state index is 0.252. The first-order chi connectivity index (χ1) is 12.0. The normalized spacial score (nSPS) is 11.9. The number of rotatable bonds is 10. The molecule has 0 aliphatic rings. The summed E-state index contributed by atoms with van der Waals surface area (Å²) in [6.07, 6.45) is 4.25. The van der Waals surface area contributed by atoms with Crippen LogP contribution in [-0.4, -0.2) is 17.1 Å². The number of aryl methyl sites for hydroxylation is 1. The molecule has 0 fully saturated rings. The predicted molar refractivity (Wildman–Crippen MR) is 95.0 cm³/mol. The van der Waals surface area contributed by atoms with Crippen LogP contribution in [0.2, 0.25) is 0 Å². The summed E-state index contributed by atoms with van der Waals surface area (Å²) >= 11 is 0. The van der Waals surface area contributed by atoms with Crippen LogP contribution in [0, 0.1) is 5.82 Å². The van der Waals surface area contributed by atoms with E-state index in [1.54, 1.807) is 12.1 Å². The first-order valence-electron chi connectivity index (χ1n) is 8.49. The molecule has 3 N–H and O–H groups in total. The largest absolute Gasteiger partial charge is 0.489 e. The zero-order valence-corrected chi connectivity index (χ0v) is 14.2. The van der Waals surface area contributed by atoms with Crippen molar-refractivity contribution in [3.8, 4) is 5.75 Å². The monoisotopic (exact) mass is 345 g/mol. The van der Waals surface area contributed by atoms with Gasteiger partial charge in [-0.25, -0.2) is 4.39 Å². The van der Waals surface area contributed by atoms with Crippen LogP contribution in [0.3, 0.4) is 0 Å². The molecule has 0 aliphatic heterocycles. The summed E-state index contributed by atoms with van der Waals surface area (Å²) in [5.74, 6) is -0.408. The Morgan fingerprint density at radius 3 is 2.28 bits per heavy atom. The van der Waals surface area contributed by atoms with E-state index in [-0.39, 0.29) is 5.82 Å². The molecule has 1 atom stereocenters. The number of carbonyl (C=O) groups is 1. The molecule has 0 spiro atoms. The molecule has 2 aromatic rings. The summed E-state index contributed by atoms with van der Waals surface area (Å²) in [6, 6.07) is 13.4. The minimum atomic E-state index is -0.934. The van der Waals surface area contributed by atoms with Gasteiger partial charge in [-0.05, 0) is 54.7 Å². The van der Waals surface area contributed by atoms with Gasteiger partial charge in [0, 0.05) is 0 Å². The molecule has 1 unspecified atom stereocenters. The molecule has 4 nitrogen and oxygen atoms in total. The molecule has 25 heavy (non-hydrogen) atoms. The van der Waals surface area contributed by atoms with Crippen LogP contribution in [-0.2, 0) is 17.8 Å². The Morgan fingerprint density at radius 2 is 1.64 bits per heavy atom. The topological polar surface area (TPSA) is 72.5 Å². The molecule has 0 aromatic heterocycles. The molecule has 0 amide bonds. The molecule has 0 bridgehead atoms. The number of carboxylic acid groups (broad SMARTS) is 1. The van der Waals surface area contributed by atoms with Gasteiger partial charge in [0.05, 0.1) is 0 Å². The van der Waals surface area contributed by atoms with E-state index in [2.05, 4.69) is 0 Å². The molecule has 0 heterocycles. The number of hydrogen-bond donors (Lipinski definition) is 2. The summed E-state index contributed by atoms with van der Waals surface area (Å²) in [5.41, 5.74) is 7.61. The van der Waals surface area contributed by atoms with Gasteiger partial charge in [0.25, 0.3) is 0 Å². The fraction of sp³-hybridized carbons (Fsp3) is 0.350. The number of unbranched alkanes of at least 4 members (excludes halogenated alkanes) is 2.